The van der Waals surface area contributed by atoms with Crippen molar-refractivity contribution in [1.29, 1.82) is 0 Å². The maximum Gasteiger partial charge on any atom is 0.264 e. The van der Waals surface area contributed by atoms with Gasteiger partial charge in [0.1, 0.15) is 12.3 Å². The second-order valence-electron chi connectivity index (χ2n) is 8.87. The van der Waals surface area contributed by atoms with E-state index in [-0.39, 0.29) is 34.2 Å². The second kappa shape index (κ2) is 13.9. The highest BCUT2D eigenvalue weighted by Gasteiger charge is 2.28. The van der Waals surface area contributed by atoms with Crippen molar-refractivity contribution in [3.8, 4) is 5.75 Å². The Labute approximate surface area is 238 Å². The molecule has 1 aliphatic heterocycles. The number of nitrogens with zero attached hydrogens (tertiary/aromatic N) is 2. The van der Waals surface area contributed by atoms with Crippen molar-refractivity contribution in [1.82, 2.24) is 10.7 Å². The van der Waals surface area contributed by atoms with Crippen molar-refractivity contribution in [3.05, 3.63) is 89.4 Å². The molecule has 0 unspecified atom stereocenters. The summed E-state index contributed by atoms with van der Waals surface area (Å²) in [6.45, 7) is 0.537. The fourth-order valence-corrected chi connectivity index (χ4v) is 5.65. The Kier molecular flexibility index (Phi) is 10.1. The fraction of sp³-hybridized carbons (Fsp3) is 0.250. The lowest BCUT2D eigenvalue weighted by Gasteiger charge is -2.24. The third-order valence-corrected chi connectivity index (χ3v) is 8.04. The number of carbonyl (C=O) groups excluding carboxylic acids is 2. The summed E-state index contributed by atoms with van der Waals surface area (Å²) in [6, 6.07) is 20.9. The number of hydrogen-bond donors (Lipinski definition) is 2. The monoisotopic (exact) mass is 584 g/mol. The van der Waals surface area contributed by atoms with Crippen LogP contribution in [0.1, 0.15) is 18.4 Å². The first-order chi connectivity index (χ1) is 19.3. The Morgan fingerprint density at radius 2 is 1.75 bits per heavy atom. The van der Waals surface area contributed by atoms with Crippen molar-refractivity contribution in [2.45, 2.75) is 23.8 Å². The average molecular weight is 585 g/mol. The number of rotatable bonds is 12. The highest BCUT2D eigenvalue weighted by Crippen LogP contribution is 2.30. The molecule has 0 spiro atoms. The van der Waals surface area contributed by atoms with Gasteiger partial charge < -0.3 is 14.8 Å². The van der Waals surface area contributed by atoms with Gasteiger partial charge in [-0.05, 0) is 66.9 Å². The molecule has 4 rings (SSSR count). The largest absolute Gasteiger partial charge is 0.484 e. The van der Waals surface area contributed by atoms with Crippen molar-refractivity contribution in [2.24, 2.45) is 5.10 Å². The quantitative estimate of drug-likeness (QED) is 0.248. The second-order valence-corrected chi connectivity index (χ2v) is 11.1. The minimum Gasteiger partial charge on any atom is -0.484 e. The molecule has 3 aromatic carbocycles. The van der Waals surface area contributed by atoms with E-state index in [0.29, 0.717) is 17.9 Å². The van der Waals surface area contributed by atoms with Crippen molar-refractivity contribution >= 4 is 45.3 Å². The van der Waals surface area contributed by atoms with Crippen molar-refractivity contribution < 1.29 is 27.5 Å². The lowest BCUT2D eigenvalue weighted by molar-refractivity contribution is -0.123. The number of carbonyl (C=O) groups is 2. The van der Waals surface area contributed by atoms with E-state index in [1.807, 2.05) is 0 Å². The first kappa shape index (κ1) is 29.1. The number of hydrogen-bond acceptors (Lipinski definition) is 7. The number of hydrazone groups is 1. The Morgan fingerprint density at radius 1 is 1.02 bits per heavy atom. The van der Waals surface area contributed by atoms with Crippen LogP contribution in [0.15, 0.2) is 88.9 Å². The molecule has 40 heavy (non-hydrogen) atoms. The zero-order chi connectivity index (χ0) is 28.4. The first-order valence-electron chi connectivity index (χ1n) is 12.6. The van der Waals surface area contributed by atoms with Crippen LogP contribution in [0.4, 0.5) is 5.69 Å². The first-order valence-corrected chi connectivity index (χ1v) is 14.4. The third-order valence-electron chi connectivity index (χ3n) is 5.94. The molecule has 0 aromatic heterocycles. The maximum atomic E-state index is 13.3. The molecular formula is C28H29ClN4O6S. The van der Waals surface area contributed by atoms with Gasteiger partial charge in [-0.3, -0.25) is 13.9 Å². The molecule has 2 amide bonds. The van der Waals surface area contributed by atoms with Gasteiger partial charge in [-0.1, -0.05) is 41.9 Å². The summed E-state index contributed by atoms with van der Waals surface area (Å²) >= 11 is 6.27. The number of ether oxygens (including phenoxy) is 2. The molecular weight excluding hydrogens is 556 g/mol. The predicted molar refractivity (Wildman–Crippen MR) is 152 cm³/mol. The summed E-state index contributed by atoms with van der Waals surface area (Å²) in [5, 5.41) is 6.91. The van der Waals surface area contributed by atoms with Crippen LogP contribution in [0.3, 0.4) is 0 Å². The van der Waals surface area contributed by atoms with E-state index in [2.05, 4.69) is 15.8 Å². The van der Waals surface area contributed by atoms with Crippen LogP contribution in [-0.2, 0) is 24.3 Å². The Balaban J connectivity index is 1.32. The van der Waals surface area contributed by atoms with Gasteiger partial charge in [-0.2, -0.15) is 5.10 Å². The van der Waals surface area contributed by atoms with E-state index < -0.39 is 22.5 Å². The summed E-state index contributed by atoms with van der Waals surface area (Å²) in [5.41, 5.74) is 3.17. The summed E-state index contributed by atoms with van der Waals surface area (Å²) < 4.78 is 38.6. The van der Waals surface area contributed by atoms with Crippen molar-refractivity contribution in [2.75, 3.05) is 30.6 Å². The molecule has 0 aliphatic carbocycles. The average Bonchev–Trinajstić information content (AvgIpc) is 3.49. The highest BCUT2D eigenvalue weighted by molar-refractivity contribution is 7.92. The smallest absolute Gasteiger partial charge is 0.264 e. The van der Waals surface area contributed by atoms with Gasteiger partial charge >= 0.3 is 0 Å². The number of amides is 2. The SMILES string of the molecule is O=C(COc1ccc(/C=N\NC(=O)CN(c2ccccc2Cl)S(=O)(=O)c2ccccc2)cc1)NC[C@@H]1CCCO1. The number of sulfonamides is 1. The molecule has 12 heteroatoms. The number of benzene rings is 3. The molecule has 0 bridgehead atoms. The highest BCUT2D eigenvalue weighted by atomic mass is 35.5. The van der Waals surface area contributed by atoms with Crippen molar-refractivity contribution in [3.63, 3.8) is 0 Å². The van der Waals surface area contributed by atoms with Gasteiger partial charge in [0, 0.05) is 13.2 Å². The molecule has 0 saturated carbocycles. The number of anilines is 1. The van der Waals surface area contributed by atoms with E-state index >= 15 is 0 Å². The van der Waals surface area contributed by atoms with Gasteiger partial charge in [0.05, 0.1) is 27.9 Å². The fourth-order valence-electron chi connectivity index (χ4n) is 3.90. The van der Waals surface area contributed by atoms with Gasteiger partial charge in [-0.15, -0.1) is 0 Å². The molecule has 3 aromatic rings. The molecule has 210 valence electrons. The van der Waals surface area contributed by atoms with Gasteiger partial charge in [0.15, 0.2) is 6.61 Å². The normalized spacial score (nSPS) is 15.1. The molecule has 10 nitrogen and oxygen atoms in total. The summed E-state index contributed by atoms with van der Waals surface area (Å²) in [5.74, 6) is -0.399. The Morgan fingerprint density at radius 3 is 2.45 bits per heavy atom. The van der Waals surface area contributed by atoms with E-state index in [1.54, 1.807) is 60.7 Å². The van der Waals surface area contributed by atoms with Crippen LogP contribution in [0, 0.1) is 0 Å². The van der Waals surface area contributed by atoms with Crippen LogP contribution < -0.4 is 19.8 Å². The minimum absolute atomic E-state index is 0.0221. The van der Waals surface area contributed by atoms with Crippen LogP contribution in [0.25, 0.3) is 0 Å². The van der Waals surface area contributed by atoms with Gasteiger partial charge in [0.2, 0.25) is 0 Å². The predicted octanol–water partition coefficient (Wildman–Crippen LogP) is 3.36. The van der Waals surface area contributed by atoms with Gasteiger partial charge in [-0.25, -0.2) is 13.8 Å². The number of nitrogens with one attached hydrogen (secondary N) is 2. The lowest BCUT2D eigenvalue weighted by atomic mass is 10.2. The topological polar surface area (TPSA) is 126 Å². The molecule has 1 fully saturated rings. The van der Waals surface area contributed by atoms with Crippen LogP contribution >= 0.6 is 11.6 Å². The maximum absolute atomic E-state index is 13.3. The molecule has 1 heterocycles. The van der Waals surface area contributed by atoms with E-state index in [9.17, 15) is 18.0 Å². The molecule has 2 N–H and O–H groups in total. The van der Waals surface area contributed by atoms with E-state index in [4.69, 9.17) is 21.1 Å². The van der Waals surface area contributed by atoms with E-state index in [1.165, 1.54) is 24.4 Å². The number of halogens is 1. The summed E-state index contributed by atoms with van der Waals surface area (Å²) in [7, 11) is -4.09. The van der Waals surface area contributed by atoms with Crippen LogP contribution in [0.2, 0.25) is 5.02 Å². The standard InChI is InChI=1S/C28H29ClN4O6S/c29-25-10-4-5-11-26(25)33(40(36,37)24-8-2-1-3-9-24)19-27(34)32-31-17-21-12-14-22(15-13-21)39-20-28(35)30-18-23-7-6-16-38-23/h1-5,8-15,17,23H,6-7,16,18-20H2,(H,30,35)(H,32,34)/b31-17-/t23-/m0/s1. The van der Waals surface area contributed by atoms with Crippen LogP contribution in [-0.4, -0.2) is 58.9 Å². The molecule has 1 aliphatic rings. The lowest BCUT2D eigenvalue weighted by Crippen LogP contribution is -2.39. The Bertz CT molecular complexity index is 1430. The third kappa shape index (κ3) is 8.04. The Hall–Kier alpha value is -3.93. The molecule has 1 saturated heterocycles. The minimum atomic E-state index is -4.09. The number of para-hydroxylation sites is 1. The van der Waals surface area contributed by atoms with Crippen LogP contribution in [0.5, 0.6) is 5.75 Å². The summed E-state index contributed by atoms with van der Waals surface area (Å²) in [6.07, 6.45) is 3.42. The molecule has 1 atom stereocenters. The van der Waals surface area contributed by atoms with Gasteiger partial charge in [0.25, 0.3) is 21.8 Å². The molecule has 0 radical (unpaired) electrons. The zero-order valence-electron chi connectivity index (χ0n) is 21.5. The zero-order valence-corrected chi connectivity index (χ0v) is 23.1. The summed E-state index contributed by atoms with van der Waals surface area (Å²) in [4.78, 5) is 24.7. The van der Waals surface area contributed by atoms with E-state index in [0.717, 1.165) is 23.8 Å².